The first-order chi connectivity index (χ1) is 7.86. The van der Waals surface area contributed by atoms with Crippen LogP contribution >= 0.6 is 31.9 Å². The van der Waals surface area contributed by atoms with E-state index in [1.54, 1.807) is 0 Å². The Morgan fingerprint density at radius 2 is 1.88 bits per heavy atom. The second-order valence-electron chi connectivity index (χ2n) is 3.14. The molecule has 0 bridgehead atoms. The average molecular weight is 385 g/mol. The lowest BCUT2D eigenvalue weighted by Crippen LogP contribution is -2.12. The molecule has 0 aliphatic carbocycles. The zero-order valence-electron chi connectivity index (χ0n) is 8.98. The summed E-state index contributed by atoms with van der Waals surface area (Å²) in [5.41, 5.74) is 0. The molecule has 0 atom stereocenters. The van der Waals surface area contributed by atoms with E-state index in [9.17, 15) is 8.42 Å². The third-order valence-electron chi connectivity index (χ3n) is 1.86. The second kappa shape index (κ2) is 5.99. The molecule has 17 heavy (non-hydrogen) atoms. The predicted octanol–water partition coefficient (Wildman–Crippen LogP) is 2.81. The molecule has 0 radical (unpaired) electrons. The number of rotatable bonds is 4. The Labute approximate surface area is 117 Å². The number of sulfonamides is 1. The van der Waals surface area contributed by atoms with Crippen LogP contribution in [0, 0.1) is 0 Å². The summed E-state index contributed by atoms with van der Waals surface area (Å²) >= 11 is 6.49. The van der Waals surface area contributed by atoms with E-state index in [4.69, 9.17) is 9.88 Å². The molecule has 94 valence electrons. The van der Waals surface area contributed by atoms with Gasteiger partial charge in [-0.05, 0) is 50.9 Å². The van der Waals surface area contributed by atoms with E-state index >= 15 is 0 Å². The molecule has 0 aliphatic heterocycles. The predicted molar refractivity (Wildman–Crippen MR) is 73.5 cm³/mol. The van der Waals surface area contributed by atoms with Crippen molar-refractivity contribution >= 4 is 41.9 Å². The van der Waals surface area contributed by atoms with Gasteiger partial charge in [-0.25, -0.2) is 13.6 Å². The highest BCUT2D eigenvalue weighted by Gasteiger charge is 2.14. The van der Waals surface area contributed by atoms with Crippen LogP contribution in [0.3, 0.4) is 0 Å². The van der Waals surface area contributed by atoms with Crippen LogP contribution in [-0.2, 0) is 10.0 Å². The molecule has 0 heterocycles. The first-order valence-corrected chi connectivity index (χ1v) is 7.75. The fourth-order valence-corrected chi connectivity index (χ4v) is 3.35. The van der Waals surface area contributed by atoms with Crippen LogP contribution in [-0.4, -0.2) is 15.0 Å². The van der Waals surface area contributed by atoms with Gasteiger partial charge in [-0.15, -0.1) is 0 Å². The highest BCUT2D eigenvalue weighted by molar-refractivity contribution is 9.11. The maximum absolute atomic E-state index is 11.2. The Morgan fingerprint density at radius 1 is 1.35 bits per heavy atom. The molecule has 0 aliphatic rings. The SMILES string of the molecule is C/C=C/COc1c(Br)cc(S(N)(=O)=O)cc1Br. The van der Waals surface area contributed by atoms with Crippen LogP contribution in [0.15, 0.2) is 38.1 Å². The van der Waals surface area contributed by atoms with Crippen molar-refractivity contribution < 1.29 is 13.2 Å². The normalized spacial score (nSPS) is 12.0. The van der Waals surface area contributed by atoms with Gasteiger partial charge in [0.2, 0.25) is 10.0 Å². The van der Waals surface area contributed by atoms with Crippen molar-refractivity contribution in [3.05, 3.63) is 33.2 Å². The van der Waals surface area contributed by atoms with E-state index in [1.807, 2.05) is 19.1 Å². The van der Waals surface area contributed by atoms with Gasteiger partial charge in [-0.2, -0.15) is 0 Å². The molecule has 0 saturated carbocycles. The van der Waals surface area contributed by atoms with Gasteiger partial charge in [-0.3, -0.25) is 0 Å². The summed E-state index contributed by atoms with van der Waals surface area (Å²) < 4.78 is 28.9. The van der Waals surface area contributed by atoms with Crippen LogP contribution in [0.1, 0.15) is 6.92 Å². The van der Waals surface area contributed by atoms with Gasteiger partial charge in [0.05, 0.1) is 13.8 Å². The van der Waals surface area contributed by atoms with Gasteiger partial charge in [0.1, 0.15) is 12.4 Å². The smallest absolute Gasteiger partial charge is 0.238 e. The Bertz CT molecular complexity index is 517. The minimum Gasteiger partial charge on any atom is -0.487 e. The summed E-state index contributed by atoms with van der Waals surface area (Å²) in [5.74, 6) is 0.538. The monoisotopic (exact) mass is 383 g/mol. The number of allylic oxidation sites excluding steroid dienone is 1. The van der Waals surface area contributed by atoms with E-state index in [1.165, 1.54) is 12.1 Å². The quantitative estimate of drug-likeness (QED) is 0.811. The minimum atomic E-state index is -3.72. The molecule has 1 rings (SSSR count). The molecule has 0 amide bonds. The van der Waals surface area contributed by atoms with Crippen molar-refractivity contribution in [2.75, 3.05) is 6.61 Å². The number of benzene rings is 1. The molecule has 0 saturated heterocycles. The topological polar surface area (TPSA) is 69.4 Å². The third-order valence-corrected chi connectivity index (χ3v) is 3.93. The van der Waals surface area contributed by atoms with Crippen molar-refractivity contribution in [1.82, 2.24) is 0 Å². The maximum Gasteiger partial charge on any atom is 0.238 e. The fourth-order valence-electron chi connectivity index (χ4n) is 1.07. The van der Waals surface area contributed by atoms with Gasteiger partial charge in [0.15, 0.2) is 0 Å². The molecule has 1 aromatic rings. The molecule has 4 nitrogen and oxygen atoms in total. The highest BCUT2D eigenvalue weighted by atomic mass is 79.9. The van der Waals surface area contributed by atoms with Crippen LogP contribution in [0.5, 0.6) is 5.75 Å². The summed E-state index contributed by atoms with van der Waals surface area (Å²) in [6, 6.07) is 2.82. The second-order valence-corrected chi connectivity index (χ2v) is 6.41. The van der Waals surface area contributed by atoms with Crippen LogP contribution in [0.2, 0.25) is 0 Å². The van der Waals surface area contributed by atoms with Crippen LogP contribution < -0.4 is 9.88 Å². The third kappa shape index (κ3) is 4.09. The van der Waals surface area contributed by atoms with Crippen molar-refractivity contribution in [2.24, 2.45) is 5.14 Å². The molecular formula is C10H11Br2NO3S. The Hall–Kier alpha value is -0.370. The zero-order chi connectivity index (χ0) is 13.1. The van der Waals surface area contributed by atoms with Crippen molar-refractivity contribution in [3.63, 3.8) is 0 Å². The van der Waals surface area contributed by atoms with Gasteiger partial charge in [0.25, 0.3) is 0 Å². The van der Waals surface area contributed by atoms with Gasteiger partial charge >= 0.3 is 0 Å². The molecule has 1 aromatic carbocycles. The van der Waals surface area contributed by atoms with E-state index < -0.39 is 10.0 Å². The van der Waals surface area contributed by atoms with Crippen molar-refractivity contribution in [1.29, 1.82) is 0 Å². The molecule has 0 fully saturated rings. The Kier molecular flexibility index (Phi) is 5.18. The summed E-state index contributed by atoms with van der Waals surface area (Å²) in [6.45, 7) is 2.29. The molecule has 2 N–H and O–H groups in total. The van der Waals surface area contributed by atoms with E-state index in [0.717, 1.165) is 0 Å². The van der Waals surface area contributed by atoms with Gasteiger partial charge in [-0.1, -0.05) is 12.2 Å². The lowest BCUT2D eigenvalue weighted by Gasteiger charge is -2.10. The number of hydrogen-bond acceptors (Lipinski definition) is 3. The van der Waals surface area contributed by atoms with E-state index in [-0.39, 0.29) is 4.90 Å². The number of hydrogen-bond donors (Lipinski definition) is 1. The number of primary sulfonamides is 1. The number of nitrogens with two attached hydrogens (primary N) is 1. The van der Waals surface area contributed by atoms with Crippen LogP contribution in [0.4, 0.5) is 0 Å². The lowest BCUT2D eigenvalue weighted by atomic mass is 10.3. The Balaban J connectivity index is 3.11. The van der Waals surface area contributed by atoms with E-state index in [2.05, 4.69) is 31.9 Å². The molecule has 0 aromatic heterocycles. The molecule has 0 unspecified atom stereocenters. The number of halogens is 2. The lowest BCUT2D eigenvalue weighted by molar-refractivity contribution is 0.358. The average Bonchev–Trinajstić information content (AvgIpc) is 2.20. The van der Waals surface area contributed by atoms with Gasteiger partial charge in [0, 0.05) is 0 Å². The van der Waals surface area contributed by atoms with Crippen LogP contribution in [0.25, 0.3) is 0 Å². The number of ether oxygens (including phenoxy) is 1. The minimum absolute atomic E-state index is 0.0228. The molecule has 7 heteroatoms. The van der Waals surface area contributed by atoms with Gasteiger partial charge < -0.3 is 4.74 Å². The summed E-state index contributed by atoms with van der Waals surface area (Å²) in [4.78, 5) is 0.0228. The summed E-state index contributed by atoms with van der Waals surface area (Å²) in [7, 11) is -3.72. The zero-order valence-corrected chi connectivity index (χ0v) is 13.0. The highest BCUT2D eigenvalue weighted by Crippen LogP contribution is 2.35. The fraction of sp³-hybridized carbons (Fsp3) is 0.200. The standard InChI is InChI=1S/C10H11Br2NO3S/c1-2-3-4-16-10-8(11)5-7(6-9(10)12)17(13,14)15/h2-3,5-6H,4H2,1H3,(H2,13,14,15)/b3-2+. The summed E-state index contributed by atoms with van der Waals surface area (Å²) in [5, 5.41) is 5.04. The first-order valence-electron chi connectivity index (χ1n) is 4.62. The molecule has 0 spiro atoms. The van der Waals surface area contributed by atoms with E-state index in [0.29, 0.717) is 21.3 Å². The van der Waals surface area contributed by atoms with Crippen molar-refractivity contribution in [3.8, 4) is 5.75 Å². The largest absolute Gasteiger partial charge is 0.487 e. The molecular weight excluding hydrogens is 374 g/mol. The first kappa shape index (κ1) is 14.7. The van der Waals surface area contributed by atoms with Crippen molar-refractivity contribution in [2.45, 2.75) is 11.8 Å². The Morgan fingerprint density at radius 3 is 2.29 bits per heavy atom. The maximum atomic E-state index is 11.2. The summed E-state index contributed by atoms with van der Waals surface area (Å²) in [6.07, 6.45) is 3.70.